The number of aromatic nitrogens is 1. The van der Waals surface area contributed by atoms with Gasteiger partial charge >= 0.3 is 6.18 Å². The standard InChI is InChI=1S/C20H22F3N3O.C8H8N2O/c1-14-3-5-15(6-4-14)19(27)24-16-7-8-18(17(13-16)20(21,22)23)26-11-9-25(2)10-12-26;9-8(11)4-3-7-2-1-5-10-6-7/h3-8,13H,9-12H2,1-2H3,(H,24,27);1-6H,(H2,9,11). The number of likely N-dealkylation sites (N-methyl/N-ethyl adjacent to an activating group) is 1. The number of primary amides is 1. The molecule has 2 aromatic carbocycles. The summed E-state index contributed by atoms with van der Waals surface area (Å²) < 4.78 is 40.8. The molecule has 0 aliphatic carbocycles. The molecule has 2 amide bonds. The van der Waals surface area contributed by atoms with E-state index in [2.05, 4.69) is 15.2 Å². The molecule has 0 spiro atoms. The van der Waals surface area contributed by atoms with E-state index >= 15 is 0 Å². The zero-order valence-corrected chi connectivity index (χ0v) is 21.2. The number of carbonyl (C=O) groups excluding carboxylic acids is 2. The lowest BCUT2D eigenvalue weighted by Gasteiger charge is -2.35. The Morgan fingerprint density at radius 1 is 1.03 bits per heavy atom. The monoisotopic (exact) mass is 525 g/mol. The van der Waals surface area contributed by atoms with Gasteiger partial charge in [0, 0.05) is 61.6 Å². The maximum atomic E-state index is 13.6. The smallest absolute Gasteiger partial charge is 0.368 e. The quantitative estimate of drug-likeness (QED) is 0.475. The molecule has 7 nitrogen and oxygen atoms in total. The first-order valence-corrected chi connectivity index (χ1v) is 11.9. The van der Waals surface area contributed by atoms with Crippen molar-refractivity contribution in [3.8, 4) is 0 Å². The second-order valence-electron chi connectivity index (χ2n) is 8.86. The Balaban J connectivity index is 0.000000304. The molecule has 0 unspecified atom stereocenters. The lowest BCUT2D eigenvalue weighted by atomic mass is 10.1. The fourth-order valence-electron chi connectivity index (χ4n) is 3.73. The SMILES string of the molecule is Cc1ccc(C(=O)Nc2ccc(N3CCN(C)CC3)c(C(F)(F)F)c2)cc1.NC(=O)C=Cc1cccnc1. The third-order valence-electron chi connectivity index (χ3n) is 5.84. The molecule has 0 saturated carbocycles. The van der Waals surface area contributed by atoms with Crippen molar-refractivity contribution >= 4 is 29.3 Å². The molecular formula is C28H30F3N5O2. The molecule has 0 atom stereocenters. The third kappa shape index (κ3) is 8.45. The van der Waals surface area contributed by atoms with Gasteiger partial charge in [-0.2, -0.15) is 13.2 Å². The van der Waals surface area contributed by atoms with Crippen LogP contribution in [0.4, 0.5) is 24.5 Å². The zero-order valence-electron chi connectivity index (χ0n) is 21.2. The van der Waals surface area contributed by atoms with Crippen molar-refractivity contribution in [1.82, 2.24) is 9.88 Å². The minimum absolute atomic E-state index is 0.130. The molecule has 3 aromatic rings. The van der Waals surface area contributed by atoms with E-state index in [-0.39, 0.29) is 11.4 Å². The van der Waals surface area contributed by atoms with Gasteiger partial charge in [0.1, 0.15) is 0 Å². The first kappa shape index (κ1) is 28.4. The topological polar surface area (TPSA) is 91.6 Å². The normalized spacial score (nSPS) is 14.1. The van der Waals surface area contributed by atoms with E-state index in [1.807, 2.05) is 20.0 Å². The number of rotatable bonds is 5. The summed E-state index contributed by atoms with van der Waals surface area (Å²) in [7, 11) is 1.95. The van der Waals surface area contributed by atoms with Gasteiger partial charge in [-0.1, -0.05) is 23.8 Å². The third-order valence-corrected chi connectivity index (χ3v) is 5.84. The van der Waals surface area contributed by atoms with Gasteiger partial charge in [-0.25, -0.2) is 0 Å². The first-order chi connectivity index (χ1) is 18.0. The van der Waals surface area contributed by atoms with Crippen LogP contribution in [0.3, 0.4) is 0 Å². The molecule has 38 heavy (non-hydrogen) atoms. The van der Waals surface area contributed by atoms with Crippen LogP contribution in [0, 0.1) is 6.92 Å². The highest BCUT2D eigenvalue weighted by Crippen LogP contribution is 2.38. The van der Waals surface area contributed by atoms with Crippen molar-refractivity contribution in [2.45, 2.75) is 13.1 Å². The molecule has 0 radical (unpaired) electrons. The van der Waals surface area contributed by atoms with Crippen molar-refractivity contribution in [2.75, 3.05) is 43.4 Å². The Bertz CT molecular complexity index is 1250. The number of nitrogens with zero attached hydrogens (tertiary/aromatic N) is 3. The average molecular weight is 526 g/mol. The summed E-state index contributed by atoms with van der Waals surface area (Å²) in [5.41, 5.74) is 6.72. The summed E-state index contributed by atoms with van der Waals surface area (Å²) in [6.45, 7) is 4.39. The van der Waals surface area contributed by atoms with Crippen LogP contribution in [-0.2, 0) is 11.0 Å². The number of nitrogens with two attached hydrogens (primary N) is 1. The Morgan fingerprint density at radius 3 is 2.29 bits per heavy atom. The molecule has 1 aliphatic heterocycles. The van der Waals surface area contributed by atoms with Gasteiger partial charge in [-0.3, -0.25) is 14.6 Å². The largest absolute Gasteiger partial charge is 0.418 e. The molecule has 1 fully saturated rings. The summed E-state index contributed by atoms with van der Waals surface area (Å²) in [4.78, 5) is 30.3. The highest BCUT2D eigenvalue weighted by molar-refractivity contribution is 6.04. The number of halogens is 3. The number of piperazine rings is 1. The fraction of sp³-hybridized carbons (Fsp3) is 0.250. The Morgan fingerprint density at radius 2 is 1.71 bits per heavy atom. The molecular weight excluding hydrogens is 495 g/mol. The summed E-state index contributed by atoms with van der Waals surface area (Å²) in [5, 5.41) is 2.56. The Labute approximate surface area is 219 Å². The second-order valence-corrected chi connectivity index (χ2v) is 8.86. The molecule has 10 heteroatoms. The Hall–Kier alpha value is -4.18. The lowest BCUT2D eigenvalue weighted by molar-refractivity contribution is -0.137. The van der Waals surface area contributed by atoms with Crippen LogP contribution in [0.25, 0.3) is 6.08 Å². The summed E-state index contributed by atoms with van der Waals surface area (Å²) in [6.07, 6.45) is 1.75. The van der Waals surface area contributed by atoms with Gasteiger partial charge < -0.3 is 20.9 Å². The van der Waals surface area contributed by atoms with Crippen LogP contribution in [-0.4, -0.2) is 54.9 Å². The van der Waals surface area contributed by atoms with Gasteiger partial charge in [0.05, 0.1) is 5.56 Å². The molecule has 1 aliphatic rings. The van der Waals surface area contributed by atoms with Crippen molar-refractivity contribution in [1.29, 1.82) is 0 Å². The number of hydrogen-bond donors (Lipinski definition) is 2. The number of aryl methyl sites for hydroxylation is 1. The number of carbonyl (C=O) groups is 2. The van der Waals surface area contributed by atoms with E-state index in [0.717, 1.165) is 17.2 Å². The lowest BCUT2D eigenvalue weighted by Crippen LogP contribution is -2.45. The van der Waals surface area contributed by atoms with Crippen LogP contribution in [0.2, 0.25) is 0 Å². The van der Waals surface area contributed by atoms with Crippen molar-refractivity contribution < 1.29 is 22.8 Å². The van der Waals surface area contributed by atoms with Crippen molar-refractivity contribution in [3.05, 3.63) is 95.3 Å². The van der Waals surface area contributed by atoms with Crippen LogP contribution in [0.5, 0.6) is 0 Å². The predicted octanol–water partition coefficient (Wildman–Crippen LogP) is 4.60. The summed E-state index contributed by atoms with van der Waals surface area (Å²) >= 11 is 0. The molecule has 4 rings (SSSR count). The molecule has 3 N–H and O–H groups in total. The van der Waals surface area contributed by atoms with E-state index in [4.69, 9.17) is 5.73 Å². The first-order valence-electron chi connectivity index (χ1n) is 11.9. The van der Waals surface area contributed by atoms with E-state index in [0.29, 0.717) is 31.7 Å². The van der Waals surface area contributed by atoms with E-state index < -0.39 is 23.6 Å². The molecule has 2 heterocycles. The minimum atomic E-state index is -4.50. The van der Waals surface area contributed by atoms with Crippen LogP contribution >= 0.6 is 0 Å². The molecule has 1 saturated heterocycles. The minimum Gasteiger partial charge on any atom is -0.368 e. The maximum Gasteiger partial charge on any atom is 0.418 e. The number of benzene rings is 2. The number of amides is 2. The highest BCUT2D eigenvalue weighted by Gasteiger charge is 2.35. The van der Waals surface area contributed by atoms with Gasteiger partial charge in [0.2, 0.25) is 5.91 Å². The number of nitrogens with one attached hydrogen (secondary N) is 1. The molecule has 0 bridgehead atoms. The van der Waals surface area contributed by atoms with Gasteiger partial charge in [0.25, 0.3) is 5.91 Å². The van der Waals surface area contributed by atoms with Crippen molar-refractivity contribution in [2.24, 2.45) is 5.73 Å². The number of pyridine rings is 1. The van der Waals surface area contributed by atoms with Crippen LogP contribution in [0.15, 0.2) is 73.1 Å². The maximum absolute atomic E-state index is 13.6. The summed E-state index contributed by atoms with van der Waals surface area (Å²) in [6, 6.07) is 14.5. The highest BCUT2D eigenvalue weighted by atomic mass is 19.4. The zero-order chi connectivity index (χ0) is 27.7. The number of alkyl halides is 3. The Kier molecular flexibility index (Phi) is 9.61. The van der Waals surface area contributed by atoms with Crippen molar-refractivity contribution in [3.63, 3.8) is 0 Å². The van der Waals surface area contributed by atoms with Gasteiger partial charge in [0.15, 0.2) is 0 Å². The average Bonchev–Trinajstić information content (AvgIpc) is 2.89. The van der Waals surface area contributed by atoms with Gasteiger partial charge in [-0.05, 0) is 62.0 Å². The van der Waals surface area contributed by atoms with Crippen LogP contribution in [0.1, 0.15) is 27.0 Å². The molecule has 200 valence electrons. The number of anilines is 2. The summed E-state index contributed by atoms with van der Waals surface area (Å²) in [5.74, 6) is -0.885. The fourth-order valence-corrected chi connectivity index (χ4v) is 3.73. The number of hydrogen-bond acceptors (Lipinski definition) is 5. The van der Waals surface area contributed by atoms with E-state index in [1.165, 1.54) is 18.2 Å². The second kappa shape index (κ2) is 12.9. The van der Waals surface area contributed by atoms with E-state index in [9.17, 15) is 22.8 Å². The predicted molar refractivity (Wildman–Crippen MR) is 143 cm³/mol. The van der Waals surface area contributed by atoms with Crippen LogP contribution < -0.4 is 16.0 Å². The van der Waals surface area contributed by atoms with Gasteiger partial charge in [-0.15, -0.1) is 0 Å². The van der Waals surface area contributed by atoms with E-state index in [1.54, 1.807) is 53.7 Å². The molecule has 1 aromatic heterocycles.